The van der Waals surface area contributed by atoms with Gasteiger partial charge in [-0.2, -0.15) is 5.10 Å². The van der Waals surface area contributed by atoms with Crippen molar-refractivity contribution >= 4 is 12.1 Å². The van der Waals surface area contributed by atoms with Crippen LogP contribution >= 0.6 is 0 Å². The number of nitrogens with zero attached hydrogens (tertiary/aromatic N) is 1. The monoisotopic (exact) mass is 420 g/mol. The van der Waals surface area contributed by atoms with Crippen molar-refractivity contribution in [3.63, 3.8) is 0 Å². The number of aromatic hydroxyl groups is 1. The molecule has 31 heavy (non-hydrogen) atoms. The summed E-state index contributed by atoms with van der Waals surface area (Å²) < 4.78 is 16.5. The van der Waals surface area contributed by atoms with Gasteiger partial charge in [0.15, 0.2) is 6.10 Å². The number of hydrazone groups is 1. The molecule has 0 bridgehead atoms. The number of carbonyl (C=O) groups is 1. The first-order valence-electron chi connectivity index (χ1n) is 9.68. The molecule has 3 rings (SSSR count). The predicted octanol–water partition coefficient (Wildman–Crippen LogP) is 3.90. The van der Waals surface area contributed by atoms with Crippen LogP contribution in [0.4, 0.5) is 0 Å². The van der Waals surface area contributed by atoms with E-state index in [0.717, 1.165) is 5.56 Å². The molecule has 1 atom stereocenters. The highest BCUT2D eigenvalue weighted by Crippen LogP contribution is 2.21. The maximum absolute atomic E-state index is 12.2. The summed E-state index contributed by atoms with van der Waals surface area (Å²) in [5, 5.41) is 13.7. The Balaban J connectivity index is 1.49. The minimum absolute atomic E-state index is 0.0256. The van der Waals surface area contributed by atoms with Gasteiger partial charge >= 0.3 is 0 Å². The summed E-state index contributed by atoms with van der Waals surface area (Å²) in [5.41, 5.74) is 3.89. The summed E-state index contributed by atoms with van der Waals surface area (Å²) >= 11 is 0. The standard InChI is InChI=1S/C24H24N2O5/c1-17(24(28)26-25-15-19-14-22(29-2)12-13-23(19)27)31-21-10-8-20(9-11-21)30-16-18-6-4-3-5-7-18/h3-15,17,27H,16H2,1-2H3,(H,26,28)/b25-15-/t17-/m0/s1. The lowest BCUT2D eigenvalue weighted by Crippen LogP contribution is -2.33. The Morgan fingerprint density at radius 3 is 2.42 bits per heavy atom. The molecule has 0 aliphatic heterocycles. The molecule has 0 heterocycles. The minimum atomic E-state index is -0.771. The van der Waals surface area contributed by atoms with E-state index < -0.39 is 12.0 Å². The van der Waals surface area contributed by atoms with E-state index in [0.29, 0.717) is 29.4 Å². The molecule has 3 aromatic rings. The van der Waals surface area contributed by atoms with E-state index in [4.69, 9.17) is 14.2 Å². The molecule has 0 fully saturated rings. The van der Waals surface area contributed by atoms with E-state index in [2.05, 4.69) is 10.5 Å². The van der Waals surface area contributed by atoms with Gasteiger partial charge in [-0.25, -0.2) is 5.43 Å². The fourth-order valence-electron chi connectivity index (χ4n) is 2.63. The van der Waals surface area contributed by atoms with Gasteiger partial charge in [0.05, 0.1) is 13.3 Å². The summed E-state index contributed by atoms with van der Waals surface area (Å²) in [6, 6.07) is 21.6. The molecule has 1 amide bonds. The van der Waals surface area contributed by atoms with Crippen LogP contribution in [0.2, 0.25) is 0 Å². The summed E-state index contributed by atoms with van der Waals surface area (Å²) in [4.78, 5) is 12.2. The van der Waals surface area contributed by atoms with E-state index in [1.54, 1.807) is 43.3 Å². The highest BCUT2D eigenvalue weighted by Gasteiger charge is 2.14. The van der Waals surface area contributed by atoms with Gasteiger partial charge in [0.2, 0.25) is 0 Å². The highest BCUT2D eigenvalue weighted by molar-refractivity contribution is 5.86. The second-order valence-corrected chi connectivity index (χ2v) is 6.66. The maximum Gasteiger partial charge on any atom is 0.280 e. The van der Waals surface area contributed by atoms with Crippen LogP contribution in [-0.4, -0.2) is 30.4 Å². The zero-order valence-corrected chi connectivity index (χ0v) is 17.3. The summed E-state index contributed by atoms with van der Waals surface area (Å²) in [6.45, 7) is 2.09. The normalized spacial score (nSPS) is 11.7. The molecule has 7 nitrogen and oxygen atoms in total. The summed E-state index contributed by atoms with van der Waals surface area (Å²) in [6.07, 6.45) is 0.564. The lowest BCUT2D eigenvalue weighted by atomic mass is 10.2. The number of benzene rings is 3. The van der Waals surface area contributed by atoms with Gasteiger partial charge in [-0.15, -0.1) is 0 Å². The van der Waals surface area contributed by atoms with Gasteiger partial charge in [0, 0.05) is 5.56 Å². The maximum atomic E-state index is 12.2. The van der Waals surface area contributed by atoms with Crippen LogP contribution in [0.25, 0.3) is 0 Å². The zero-order chi connectivity index (χ0) is 22.1. The summed E-state index contributed by atoms with van der Waals surface area (Å²) in [7, 11) is 1.52. The van der Waals surface area contributed by atoms with E-state index in [-0.39, 0.29) is 5.75 Å². The average Bonchev–Trinajstić information content (AvgIpc) is 2.80. The third-order valence-electron chi connectivity index (χ3n) is 4.37. The van der Waals surface area contributed by atoms with Gasteiger partial charge < -0.3 is 19.3 Å². The second-order valence-electron chi connectivity index (χ2n) is 6.66. The largest absolute Gasteiger partial charge is 0.507 e. The lowest BCUT2D eigenvalue weighted by molar-refractivity contribution is -0.127. The molecule has 0 saturated carbocycles. The Morgan fingerprint density at radius 2 is 1.71 bits per heavy atom. The molecule has 160 valence electrons. The van der Waals surface area contributed by atoms with Crippen molar-refractivity contribution in [2.24, 2.45) is 5.10 Å². The Kier molecular flexibility index (Phi) is 7.48. The topological polar surface area (TPSA) is 89.4 Å². The van der Waals surface area contributed by atoms with Crippen molar-refractivity contribution in [2.45, 2.75) is 19.6 Å². The summed E-state index contributed by atoms with van der Waals surface area (Å²) in [5.74, 6) is 1.40. The van der Waals surface area contributed by atoms with Gasteiger partial charge in [-0.3, -0.25) is 4.79 Å². The fourth-order valence-corrected chi connectivity index (χ4v) is 2.63. The van der Waals surface area contributed by atoms with Crippen molar-refractivity contribution in [1.82, 2.24) is 5.43 Å². The molecular weight excluding hydrogens is 396 g/mol. The number of hydrogen-bond donors (Lipinski definition) is 2. The van der Waals surface area contributed by atoms with Crippen molar-refractivity contribution < 1.29 is 24.1 Å². The molecule has 0 unspecified atom stereocenters. The van der Waals surface area contributed by atoms with Crippen molar-refractivity contribution in [2.75, 3.05) is 7.11 Å². The molecule has 0 saturated heterocycles. The number of nitrogens with one attached hydrogen (secondary N) is 1. The van der Waals surface area contributed by atoms with E-state index in [1.807, 2.05) is 30.3 Å². The Bertz CT molecular complexity index is 1020. The predicted molar refractivity (Wildman–Crippen MR) is 118 cm³/mol. The van der Waals surface area contributed by atoms with Crippen LogP contribution in [0.15, 0.2) is 77.9 Å². The van der Waals surface area contributed by atoms with Crippen LogP contribution in [-0.2, 0) is 11.4 Å². The van der Waals surface area contributed by atoms with Crippen LogP contribution in [0.3, 0.4) is 0 Å². The molecule has 0 radical (unpaired) electrons. The number of rotatable bonds is 9. The zero-order valence-electron chi connectivity index (χ0n) is 17.3. The number of methoxy groups -OCH3 is 1. The van der Waals surface area contributed by atoms with E-state index in [9.17, 15) is 9.90 Å². The third kappa shape index (κ3) is 6.50. The molecule has 0 spiro atoms. The first-order valence-corrected chi connectivity index (χ1v) is 9.68. The molecule has 0 aromatic heterocycles. The van der Waals surface area contributed by atoms with E-state index in [1.165, 1.54) is 19.4 Å². The van der Waals surface area contributed by atoms with Crippen molar-refractivity contribution in [1.29, 1.82) is 0 Å². The van der Waals surface area contributed by atoms with Crippen LogP contribution in [0, 0.1) is 0 Å². The fraction of sp³-hybridized carbons (Fsp3) is 0.167. The highest BCUT2D eigenvalue weighted by atomic mass is 16.5. The first kappa shape index (κ1) is 21.7. The minimum Gasteiger partial charge on any atom is -0.507 e. The molecular formula is C24H24N2O5. The lowest BCUT2D eigenvalue weighted by Gasteiger charge is -2.13. The van der Waals surface area contributed by atoms with E-state index >= 15 is 0 Å². The van der Waals surface area contributed by atoms with Gasteiger partial charge in [0.25, 0.3) is 5.91 Å². The number of phenolic OH excluding ortho intramolecular Hbond substituents is 1. The molecule has 0 aliphatic rings. The van der Waals surface area contributed by atoms with Crippen molar-refractivity contribution in [3.8, 4) is 23.0 Å². The molecule has 7 heteroatoms. The third-order valence-corrected chi connectivity index (χ3v) is 4.37. The van der Waals surface area contributed by atoms with Gasteiger partial charge in [-0.1, -0.05) is 30.3 Å². The number of ether oxygens (including phenoxy) is 3. The average molecular weight is 420 g/mol. The number of amides is 1. The number of hydrogen-bond acceptors (Lipinski definition) is 6. The second kappa shape index (κ2) is 10.7. The molecule has 2 N–H and O–H groups in total. The quantitative estimate of drug-likeness (QED) is 0.405. The van der Waals surface area contributed by atoms with Gasteiger partial charge in [-0.05, 0) is 55.0 Å². The van der Waals surface area contributed by atoms with Crippen molar-refractivity contribution in [3.05, 3.63) is 83.9 Å². The molecule has 0 aliphatic carbocycles. The number of phenols is 1. The Labute approximate surface area is 180 Å². The SMILES string of the molecule is COc1ccc(O)c(/C=N\NC(=O)[C@H](C)Oc2ccc(OCc3ccccc3)cc2)c1. The first-order chi connectivity index (χ1) is 15.0. The Hall–Kier alpha value is -4.00. The van der Waals surface area contributed by atoms with Crippen LogP contribution in [0.5, 0.6) is 23.0 Å². The Morgan fingerprint density at radius 1 is 1.03 bits per heavy atom. The smallest absolute Gasteiger partial charge is 0.280 e. The van der Waals surface area contributed by atoms with Crippen LogP contribution < -0.4 is 19.6 Å². The van der Waals surface area contributed by atoms with Crippen LogP contribution in [0.1, 0.15) is 18.1 Å². The molecule has 3 aromatic carbocycles. The number of carbonyl (C=O) groups excluding carboxylic acids is 1. The van der Waals surface area contributed by atoms with Gasteiger partial charge in [0.1, 0.15) is 29.6 Å².